The maximum atomic E-state index is 11.7. The topological polar surface area (TPSA) is 82.6 Å². The summed E-state index contributed by atoms with van der Waals surface area (Å²) >= 11 is 0. The van der Waals surface area contributed by atoms with Gasteiger partial charge in [-0.15, -0.1) is 0 Å². The molecule has 1 aromatic heterocycles. The van der Waals surface area contributed by atoms with Crippen LogP contribution in [0, 0.1) is 17.0 Å². The molecule has 2 aromatic rings. The van der Waals surface area contributed by atoms with Crippen molar-refractivity contribution in [3.63, 3.8) is 0 Å². The molecule has 1 heterocycles. The highest BCUT2D eigenvalue weighted by atomic mass is 16.6. The third kappa shape index (κ3) is 2.98. The lowest BCUT2D eigenvalue weighted by atomic mass is 10.2. The zero-order chi connectivity index (χ0) is 13.8. The van der Waals surface area contributed by atoms with E-state index in [9.17, 15) is 14.9 Å². The molecule has 19 heavy (non-hydrogen) atoms. The van der Waals surface area contributed by atoms with Crippen molar-refractivity contribution < 1.29 is 18.9 Å². The Hall–Kier alpha value is -2.63. The first-order valence-corrected chi connectivity index (χ1v) is 5.52. The standard InChI is InChI=1S/C13H11NO5/c1-9-12(6-7-18-9)13(15)19-8-10-2-4-11(5-3-10)14(16)17/h2-7H,8H2,1H3. The Bertz CT molecular complexity index is 600. The highest BCUT2D eigenvalue weighted by Crippen LogP contribution is 2.14. The van der Waals surface area contributed by atoms with Crippen LogP contribution >= 0.6 is 0 Å². The number of esters is 1. The molecule has 0 aliphatic rings. The van der Waals surface area contributed by atoms with Gasteiger partial charge in [0.25, 0.3) is 5.69 Å². The summed E-state index contributed by atoms with van der Waals surface area (Å²) in [5.41, 5.74) is 1.06. The van der Waals surface area contributed by atoms with Crippen LogP contribution in [0.1, 0.15) is 21.7 Å². The second-order valence-electron chi connectivity index (χ2n) is 3.89. The summed E-state index contributed by atoms with van der Waals surface area (Å²) in [5.74, 6) is 0.0123. The molecular weight excluding hydrogens is 250 g/mol. The molecule has 0 aliphatic carbocycles. The average Bonchev–Trinajstić information content (AvgIpc) is 2.83. The van der Waals surface area contributed by atoms with Crippen molar-refractivity contribution in [1.29, 1.82) is 0 Å². The van der Waals surface area contributed by atoms with E-state index in [0.29, 0.717) is 16.9 Å². The number of benzene rings is 1. The van der Waals surface area contributed by atoms with Gasteiger partial charge in [-0.1, -0.05) is 0 Å². The Labute approximate surface area is 108 Å². The fourth-order valence-electron chi connectivity index (χ4n) is 1.54. The lowest BCUT2D eigenvalue weighted by Gasteiger charge is -2.03. The number of hydrogen-bond acceptors (Lipinski definition) is 5. The molecule has 6 heteroatoms. The molecule has 0 saturated carbocycles. The van der Waals surface area contributed by atoms with E-state index in [1.807, 2.05) is 0 Å². The Morgan fingerprint density at radius 1 is 1.32 bits per heavy atom. The summed E-state index contributed by atoms with van der Waals surface area (Å²) < 4.78 is 10.1. The van der Waals surface area contributed by atoms with Crippen molar-refractivity contribution >= 4 is 11.7 Å². The van der Waals surface area contributed by atoms with Crippen LogP contribution in [-0.4, -0.2) is 10.9 Å². The first-order valence-electron chi connectivity index (χ1n) is 5.52. The molecule has 0 aliphatic heterocycles. The SMILES string of the molecule is Cc1occc1C(=O)OCc1ccc([N+](=O)[O-])cc1. The van der Waals surface area contributed by atoms with Crippen LogP contribution in [0.3, 0.4) is 0 Å². The number of furan rings is 1. The maximum absolute atomic E-state index is 11.7. The van der Waals surface area contributed by atoms with Gasteiger partial charge in [0.1, 0.15) is 17.9 Å². The van der Waals surface area contributed by atoms with Gasteiger partial charge in [-0.05, 0) is 30.7 Å². The van der Waals surface area contributed by atoms with E-state index >= 15 is 0 Å². The third-order valence-corrected chi connectivity index (χ3v) is 2.60. The zero-order valence-electron chi connectivity index (χ0n) is 10.2. The maximum Gasteiger partial charge on any atom is 0.342 e. The van der Waals surface area contributed by atoms with E-state index in [1.54, 1.807) is 19.1 Å². The fraction of sp³-hybridized carbons (Fsp3) is 0.154. The van der Waals surface area contributed by atoms with Crippen LogP contribution in [0.5, 0.6) is 0 Å². The van der Waals surface area contributed by atoms with Crippen LogP contribution in [0.4, 0.5) is 5.69 Å². The van der Waals surface area contributed by atoms with Gasteiger partial charge in [0.15, 0.2) is 0 Å². The molecule has 0 unspecified atom stereocenters. The lowest BCUT2D eigenvalue weighted by molar-refractivity contribution is -0.384. The molecule has 0 spiro atoms. The monoisotopic (exact) mass is 261 g/mol. The zero-order valence-corrected chi connectivity index (χ0v) is 10.2. The molecule has 0 saturated heterocycles. The predicted octanol–water partition coefficient (Wildman–Crippen LogP) is 2.85. The molecule has 0 radical (unpaired) electrons. The van der Waals surface area contributed by atoms with Gasteiger partial charge in [0.2, 0.25) is 0 Å². The van der Waals surface area contributed by atoms with Gasteiger partial charge in [-0.2, -0.15) is 0 Å². The number of non-ortho nitro benzene ring substituents is 1. The van der Waals surface area contributed by atoms with Gasteiger partial charge in [-0.25, -0.2) is 4.79 Å². The van der Waals surface area contributed by atoms with Crippen molar-refractivity contribution in [3.05, 3.63) is 63.6 Å². The summed E-state index contributed by atoms with van der Waals surface area (Å²) in [4.78, 5) is 21.7. The smallest absolute Gasteiger partial charge is 0.342 e. The second kappa shape index (κ2) is 5.34. The number of nitro benzene ring substituents is 1. The van der Waals surface area contributed by atoms with Crippen molar-refractivity contribution in [3.8, 4) is 0 Å². The van der Waals surface area contributed by atoms with E-state index in [1.165, 1.54) is 24.5 Å². The average molecular weight is 261 g/mol. The number of aryl methyl sites for hydroxylation is 1. The number of carbonyl (C=O) groups is 1. The largest absolute Gasteiger partial charge is 0.469 e. The minimum atomic E-state index is -0.482. The number of carbonyl (C=O) groups excluding carboxylic acids is 1. The quantitative estimate of drug-likeness (QED) is 0.480. The number of rotatable bonds is 4. The highest BCUT2D eigenvalue weighted by Gasteiger charge is 2.13. The lowest BCUT2D eigenvalue weighted by Crippen LogP contribution is -2.05. The minimum Gasteiger partial charge on any atom is -0.469 e. The van der Waals surface area contributed by atoms with E-state index in [4.69, 9.17) is 9.15 Å². The van der Waals surface area contributed by atoms with E-state index in [2.05, 4.69) is 0 Å². The predicted molar refractivity (Wildman–Crippen MR) is 65.7 cm³/mol. The van der Waals surface area contributed by atoms with Gasteiger partial charge in [-0.3, -0.25) is 10.1 Å². The molecule has 0 N–H and O–H groups in total. The molecule has 0 amide bonds. The van der Waals surface area contributed by atoms with Crippen LogP contribution in [0.2, 0.25) is 0 Å². The van der Waals surface area contributed by atoms with Crippen molar-refractivity contribution in [1.82, 2.24) is 0 Å². The van der Waals surface area contributed by atoms with Crippen LogP contribution < -0.4 is 0 Å². The first kappa shape index (κ1) is 12.8. The molecule has 98 valence electrons. The van der Waals surface area contributed by atoms with Gasteiger partial charge < -0.3 is 9.15 Å². The molecule has 2 rings (SSSR count). The Morgan fingerprint density at radius 3 is 2.53 bits per heavy atom. The molecule has 0 atom stereocenters. The molecule has 6 nitrogen and oxygen atoms in total. The van der Waals surface area contributed by atoms with Crippen LogP contribution in [0.15, 0.2) is 41.0 Å². The Morgan fingerprint density at radius 2 is 2.00 bits per heavy atom. The Balaban J connectivity index is 1.97. The Kier molecular flexibility index (Phi) is 3.61. The minimum absolute atomic E-state index is 0.000700. The third-order valence-electron chi connectivity index (χ3n) is 2.60. The number of ether oxygens (including phenoxy) is 1. The van der Waals surface area contributed by atoms with Crippen LogP contribution in [-0.2, 0) is 11.3 Å². The fourth-order valence-corrected chi connectivity index (χ4v) is 1.54. The summed E-state index contributed by atoms with van der Waals surface area (Å²) in [6, 6.07) is 7.37. The van der Waals surface area contributed by atoms with E-state index < -0.39 is 10.9 Å². The summed E-state index contributed by atoms with van der Waals surface area (Å²) in [6.45, 7) is 1.73. The molecular formula is C13H11NO5. The highest BCUT2D eigenvalue weighted by molar-refractivity contribution is 5.90. The van der Waals surface area contributed by atoms with Gasteiger partial charge in [0, 0.05) is 12.1 Å². The second-order valence-corrected chi connectivity index (χ2v) is 3.89. The number of hydrogen-bond donors (Lipinski definition) is 0. The summed E-state index contributed by atoms with van der Waals surface area (Å²) in [7, 11) is 0. The van der Waals surface area contributed by atoms with Crippen LogP contribution in [0.25, 0.3) is 0 Å². The van der Waals surface area contributed by atoms with E-state index in [-0.39, 0.29) is 12.3 Å². The van der Waals surface area contributed by atoms with Gasteiger partial charge >= 0.3 is 5.97 Å². The van der Waals surface area contributed by atoms with Crippen molar-refractivity contribution in [2.24, 2.45) is 0 Å². The molecule has 0 fully saturated rings. The van der Waals surface area contributed by atoms with E-state index in [0.717, 1.165) is 0 Å². The summed E-state index contributed by atoms with van der Waals surface area (Å²) in [5, 5.41) is 10.5. The molecule has 0 bridgehead atoms. The number of nitro groups is 1. The van der Waals surface area contributed by atoms with Crippen molar-refractivity contribution in [2.75, 3.05) is 0 Å². The number of nitrogens with zero attached hydrogens (tertiary/aromatic N) is 1. The molecule has 1 aromatic carbocycles. The summed E-state index contributed by atoms with van der Waals surface area (Å²) in [6.07, 6.45) is 1.41. The van der Waals surface area contributed by atoms with Gasteiger partial charge in [0.05, 0.1) is 11.2 Å². The normalized spacial score (nSPS) is 10.2. The van der Waals surface area contributed by atoms with Crippen molar-refractivity contribution in [2.45, 2.75) is 13.5 Å². The first-order chi connectivity index (χ1) is 9.08.